The van der Waals surface area contributed by atoms with E-state index in [1.807, 2.05) is 13.0 Å². The molecule has 0 spiro atoms. The van der Waals surface area contributed by atoms with Gasteiger partial charge in [-0.25, -0.2) is 4.39 Å². The Labute approximate surface area is 186 Å². The van der Waals surface area contributed by atoms with Crippen LogP contribution in [0.2, 0.25) is 0 Å². The first-order chi connectivity index (χ1) is 15.4. The van der Waals surface area contributed by atoms with Gasteiger partial charge in [0.25, 0.3) is 11.8 Å². The maximum atomic E-state index is 13.9. The Morgan fingerprint density at radius 2 is 1.81 bits per heavy atom. The molecule has 1 aliphatic rings. The first-order valence-electron chi connectivity index (χ1n) is 10.2. The lowest BCUT2D eigenvalue weighted by atomic mass is 9.93. The number of imide groups is 1. The second kappa shape index (κ2) is 9.92. The molecule has 1 heterocycles. The minimum atomic E-state index is -0.582. The van der Waals surface area contributed by atoms with Crippen LogP contribution < -0.4 is 9.47 Å². The van der Waals surface area contributed by atoms with Gasteiger partial charge in [0, 0.05) is 17.7 Å². The molecule has 0 saturated heterocycles. The van der Waals surface area contributed by atoms with Crippen LogP contribution in [0.4, 0.5) is 4.39 Å². The molecular formula is C25H23FN2O4. The van der Waals surface area contributed by atoms with Gasteiger partial charge in [-0.2, -0.15) is 5.26 Å². The zero-order valence-corrected chi connectivity index (χ0v) is 18.1. The minimum Gasteiger partial charge on any atom is -0.490 e. The molecule has 2 amide bonds. The average molecular weight is 434 g/mol. The molecule has 1 aliphatic heterocycles. The lowest BCUT2D eigenvalue weighted by molar-refractivity contribution is -0.140. The molecule has 0 unspecified atom stereocenters. The summed E-state index contributed by atoms with van der Waals surface area (Å²) in [6, 6.07) is 13.4. The van der Waals surface area contributed by atoms with E-state index in [4.69, 9.17) is 9.47 Å². The molecule has 0 atom stereocenters. The smallest absolute Gasteiger partial charge is 0.271 e. The van der Waals surface area contributed by atoms with E-state index in [1.165, 1.54) is 6.07 Å². The van der Waals surface area contributed by atoms with Gasteiger partial charge < -0.3 is 9.47 Å². The van der Waals surface area contributed by atoms with Crippen LogP contribution >= 0.6 is 0 Å². The number of carbonyl (C=O) groups is 2. The zero-order chi connectivity index (χ0) is 23.3. The standard InChI is InChI=1S/C25H23FN2O4/c1-4-28-24(29)19(16(3)20(14-27)25(28)30)12-17-10-11-22(23(13-17)31-5-2)32-15-18-8-6-7-9-21(18)26/h6-13H,4-5,15H2,1-3H3/b19-12+. The first-order valence-corrected chi connectivity index (χ1v) is 10.2. The van der Waals surface area contributed by atoms with Gasteiger partial charge >= 0.3 is 0 Å². The van der Waals surface area contributed by atoms with Crippen molar-refractivity contribution >= 4 is 17.9 Å². The van der Waals surface area contributed by atoms with Gasteiger partial charge in [0.1, 0.15) is 24.1 Å². The van der Waals surface area contributed by atoms with Crippen molar-refractivity contribution in [2.45, 2.75) is 27.4 Å². The molecule has 32 heavy (non-hydrogen) atoms. The van der Waals surface area contributed by atoms with E-state index < -0.39 is 11.8 Å². The van der Waals surface area contributed by atoms with Gasteiger partial charge in [-0.05, 0) is 56.2 Å². The number of hydrogen-bond acceptors (Lipinski definition) is 5. The van der Waals surface area contributed by atoms with Crippen LogP contribution in [0.3, 0.4) is 0 Å². The Kier molecular flexibility index (Phi) is 7.06. The Hall–Kier alpha value is -3.92. The average Bonchev–Trinajstić information content (AvgIpc) is 2.78. The zero-order valence-electron chi connectivity index (χ0n) is 18.1. The Morgan fingerprint density at radius 3 is 2.47 bits per heavy atom. The number of halogens is 1. The third-order valence-corrected chi connectivity index (χ3v) is 5.06. The normalized spacial score (nSPS) is 15.2. The molecule has 0 N–H and O–H groups in total. The van der Waals surface area contributed by atoms with Crippen LogP contribution in [-0.4, -0.2) is 29.9 Å². The van der Waals surface area contributed by atoms with Crippen molar-refractivity contribution in [3.63, 3.8) is 0 Å². The molecule has 0 aliphatic carbocycles. The van der Waals surface area contributed by atoms with Crippen LogP contribution in [0, 0.1) is 17.1 Å². The van der Waals surface area contributed by atoms with E-state index in [2.05, 4.69) is 0 Å². The third kappa shape index (κ3) is 4.54. The number of nitriles is 1. The van der Waals surface area contributed by atoms with Gasteiger partial charge in [0.2, 0.25) is 0 Å². The Bertz CT molecular complexity index is 1160. The lowest BCUT2D eigenvalue weighted by Crippen LogP contribution is -2.42. The van der Waals surface area contributed by atoms with Crippen LogP contribution in [0.25, 0.3) is 6.08 Å². The minimum absolute atomic E-state index is 0.0343. The largest absolute Gasteiger partial charge is 0.490 e. The van der Waals surface area contributed by atoms with Crippen molar-refractivity contribution in [2.75, 3.05) is 13.2 Å². The molecule has 0 saturated carbocycles. The summed E-state index contributed by atoms with van der Waals surface area (Å²) in [5, 5.41) is 9.38. The quantitative estimate of drug-likeness (QED) is 0.476. The summed E-state index contributed by atoms with van der Waals surface area (Å²) < 4.78 is 25.3. The van der Waals surface area contributed by atoms with E-state index in [1.54, 1.807) is 56.3 Å². The highest BCUT2D eigenvalue weighted by Gasteiger charge is 2.34. The van der Waals surface area contributed by atoms with Gasteiger partial charge in [0.15, 0.2) is 11.5 Å². The van der Waals surface area contributed by atoms with Gasteiger partial charge in [0.05, 0.1) is 6.61 Å². The number of carbonyl (C=O) groups excluding carboxylic acids is 2. The van der Waals surface area contributed by atoms with Crippen molar-refractivity contribution in [2.24, 2.45) is 0 Å². The predicted octanol–water partition coefficient (Wildman–Crippen LogP) is 4.42. The number of hydrogen-bond donors (Lipinski definition) is 0. The molecule has 0 aromatic heterocycles. The van der Waals surface area contributed by atoms with Gasteiger partial charge in [-0.3, -0.25) is 14.5 Å². The fourth-order valence-electron chi connectivity index (χ4n) is 3.36. The van der Waals surface area contributed by atoms with Crippen molar-refractivity contribution in [3.8, 4) is 17.6 Å². The highest BCUT2D eigenvalue weighted by atomic mass is 19.1. The van der Waals surface area contributed by atoms with Crippen molar-refractivity contribution in [1.29, 1.82) is 5.26 Å². The molecule has 3 rings (SSSR count). The number of rotatable bonds is 7. The van der Waals surface area contributed by atoms with E-state index >= 15 is 0 Å². The number of likely N-dealkylation sites (N-methyl/N-ethyl adjacent to an activating group) is 1. The Balaban J connectivity index is 1.95. The van der Waals surface area contributed by atoms with Crippen LogP contribution in [0.15, 0.2) is 59.2 Å². The molecule has 6 nitrogen and oxygen atoms in total. The molecule has 0 bridgehead atoms. The van der Waals surface area contributed by atoms with Crippen molar-refractivity contribution in [3.05, 3.63) is 76.1 Å². The summed E-state index contributed by atoms with van der Waals surface area (Å²) in [4.78, 5) is 26.2. The molecule has 7 heteroatoms. The SMILES string of the molecule is CCOc1cc(/C=C2/C(=O)N(CC)C(=O)C(C#N)=C2C)ccc1OCc1ccccc1F. The monoisotopic (exact) mass is 434 g/mol. The number of benzene rings is 2. The highest BCUT2D eigenvalue weighted by Crippen LogP contribution is 2.32. The highest BCUT2D eigenvalue weighted by molar-refractivity contribution is 6.19. The second-order valence-electron chi connectivity index (χ2n) is 7.04. The molecule has 2 aromatic carbocycles. The Morgan fingerprint density at radius 1 is 1.06 bits per heavy atom. The third-order valence-electron chi connectivity index (χ3n) is 5.06. The molecule has 0 radical (unpaired) electrons. The topological polar surface area (TPSA) is 79.6 Å². The summed E-state index contributed by atoms with van der Waals surface area (Å²) >= 11 is 0. The summed E-state index contributed by atoms with van der Waals surface area (Å²) in [6.07, 6.45) is 1.62. The van der Waals surface area contributed by atoms with Gasteiger partial charge in [-0.1, -0.05) is 24.3 Å². The summed E-state index contributed by atoms with van der Waals surface area (Å²) in [6.45, 7) is 5.67. The maximum absolute atomic E-state index is 13.9. The summed E-state index contributed by atoms with van der Waals surface area (Å²) in [7, 11) is 0. The van der Waals surface area contributed by atoms with E-state index in [0.717, 1.165) is 4.90 Å². The predicted molar refractivity (Wildman–Crippen MR) is 117 cm³/mol. The maximum Gasteiger partial charge on any atom is 0.271 e. The van der Waals surface area contributed by atoms with Gasteiger partial charge in [-0.15, -0.1) is 0 Å². The lowest BCUT2D eigenvalue weighted by Gasteiger charge is -2.26. The molecular weight excluding hydrogens is 411 g/mol. The van der Waals surface area contributed by atoms with Crippen molar-refractivity contribution < 1.29 is 23.5 Å². The molecule has 2 aromatic rings. The van der Waals surface area contributed by atoms with Crippen LogP contribution in [0.1, 0.15) is 31.9 Å². The van der Waals surface area contributed by atoms with Crippen LogP contribution in [-0.2, 0) is 16.2 Å². The van der Waals surface area contributed by atoms with E-state index in [0.29, 0.717) is 34.8 Å². The molecule has 164 valence electrons. The summed E-state index contributed by atoms with van der Waals surface area (Å²) in [5.74, 6) is -0.517. The molecule has 0 fully saturated rings. The second-order valence-corrected chi connectivity index (χ2v) is 7.04. The number of ether oxygens (including phenoxy) is 2. The fourth-order valence-corrected chi connectivity index (χ4v) is 3.36. The van der Waals surface area contributed by atoms with E-state index in [9.17, 15) is 19.2 Å². The first kappa shape index (κ1) is 22.8. The summed E-state index contributed by atoms with van der Waals surface area (Å²) in [5.41, 5.74) is 1.61. The fraction of sp³-hybridized carbons (Fsp3) is 0.240. The number of nitrogens with zero attached hydrogens (tertiary/aromatic N) is 2. The van der Waals surface area contributed by atoms with Crippen LogP contribution in [0.5, 0.6) is 11.5 Å². The van der Waals surface area contributed by atoms with E-state index in [-0.39, 0.29) is 30.1 Å². The van der Waals surface area contributed by atoms with Crippen molar-refractivity contribution in [1.82, 2.24) is 4.90 Å². The number of amides is 2.